The van der Waals surface area contributed by atoms with Crippen LogP contribution in [-0.2, 0) is 11.0 Å². The smallest absolute Gasteiger partial charge is 0.399 e. The zero-order chi connectivity index (χ0) is 27.9. The summed E-state index contributed by atoms with van der Waals surface area (Å²) in [6.07, 6.45) is -4.01. The predicted octanol–water partition coefficient (Wildman–Crippen LogP) is 3.12. The number of alkyl halides is 3. The largest absolute Gasteiger partial charge is 0.416 e. The van der Waals surface area contributed by atoms with E-state index in [2.05, 4.69) is 20.3 Å². The van der Waals surface area contributed by atoms with E-state index in [9.17, 15) is 22.8 Å². The lowest BCUT2D eigenvalue weighted by Gasteiger charge is -2.23. The van der Waals surface area contributed by atoms with E-state index in [1.54, 1.807) is 34.0 Å². The molecule has 1 fully saturated rings. The summed E-state index contributed by atoms with van der Waals surface area (Å²) in [7, 11) is 3.22. The Hall–Kier alpha value is -4.16. The summed E-state index contributed by atoms with van der Waals surface area (Å²) in [4.78, 5) is 41.7. The molecular formula is C25H29F3N8O2. The van der Waals surface area contributed by atoms with Gasteiger partial charge in [0.1, 0.15) is 17.5 Å². The van der Waals surface area contributed by atoms with Crippen molar-refractivity contribution in [2.75, 3.05) is 43.1 Å². The topological polar surface area (TPSA) is 143 Å². The number of aromatic nitrogens is 3. The first-order valence-corrected chi connectivity index (χ1v) is 11.9. The van der Waals surface area contributed by atoms with Gasteiger partial charge in [0.05, 0.1) is 28.5 Å². The number of halogens is 3. The second kappa shape index (κ2) is 9.95. The molecule has 0 aliphatic carbocycles. The lowest BCUT2D eigenvalue weighted by Crippen LogP contribution is -2.30. The molecular weight excluding hydrogens is 501 g/mol. The van der Waals surface area contributed by atoms with Crippen LogP contribution in [0.4, 0.5) is 30.5 Å². The minimum atomic E-state index is -4.55. The number of pyridine rings is 1. The van der Waals surface area contributed by atoms with Crippen molar-refractivity contribution >= 4 is 40.2 Å². The van der Waals surface area contributed by atoms with Crippen molar-refractivity contribution < 1.29 is 22.8 Å². The van der Waals surface area contributed by atoms with Crippen LogP contribution < -0.4 is 21.7 Å². The number of hydrogen-bond donors (Lipinski definition) is 3. The Morgan fingerprint density at radius 2 is 1.87 bits per heavy atom. The zero-order valence-electron chi connectivity index (χ0n) is 21.4. The minimum Gasteiger partial charge on any atom is -0.399 e. The Morgan fingerprint density at radius 1 is 1.16 bits per heavy atom. The molecule has 2 amide bonds. The van der Waals surface area contributed by atoms with Crippen LogP contribution in [0.3, 0.4) is 0 Å². The summed E-state index contributed by atoms with van der Waals surface area (Å²) >= 11 is 0. The number of rotatable bonds is 6. The number of nitrogens with one attached hydrogen (secondary N) is 1. The number of aryl methyl sites for hydroxylation is 1. The zero-order valence-corrected chi connectivity index (χ0v) is 21.4. The molecule has 0 bridgehead atoms. The van der Waals surface area contributed by atoms with Crippen molar-refractivity contribution in [1.29, 1.82) is 0 Å². The van der Waals surface area contributed by atoms with Crippen LogP contribution in [0.15, 0.2) is 24.3 Å². The number of carbonyl (C=O) groups excluding carboxylic acids is 2. The maximum atomic E-state index is 13.3. The number of benzene rings is 1. The highest BCUT2D eigenvalue weighted by atomic mass is 19.4. The molecule has 0 saturated carbocycles. The summed E-state index contributed by atoms with van der Waals surface area (Å²) in [5, 5.41) is 3.56. The molecule has 1 unspecified atom stereocenters. The van der Waals surface area contributed by atoms with Crippen LogP contribution in [0, 0.1) is 12.8 Å². The van der Waals surface area contributed by atoms with Crippen molar-refractivity contribution in [1.82, 2.24) is 19.9 Å². The molecule has 10 nitrogen and oxygen atoms in total. The number of primary amides is 1. The van der Waals surface area contributed by atoms with Gasteiger partial charge in [-0.3, -0.25) is 9.59 Å². The van der Waals surface area contributed by atoms with Gasteiger partial charge in [-0.1, -0.05) is 0 Å². The molecule has 3 aromatic rings. The third-order valence-corrected chi connectivity index (χ3v) is 6.46. The highest BCUT2D eigenvalue weighted by molar-refractivity contribution is 6.03. The van der Waals surface area contributed by atoms with E-state index >= 15 is 0 Å². The predicted molar refractivity (Wildman–Crippen MR) is 137 cm³/mol. The lowest BCUT2D eigenvalue weighted by molar-refractivity contribution is -0.137. The van der Waals surface area contributed by atoms with Gasteiger partial charge in [0, 0.05) is 32.9 Å². The first-order valence-electron chi connectivity index (χ1n) is 11.9. The van der Waals surface area contributed by atoms with Crippen molar-refractivity contribution in [3.05, 3.63) is 46.8 Å². The van der Waals surface area contributed by atoms with Gasteiger partial charge < -0.3 is 26.6 Å². The number of anilines is 3. The third-order valence-electron chi connectivity index (χ3n) is 6.46. The molecule has 13 heteroatoms. The van der Waals surface area contributed by atoms with E-state index < -0.39 is 23.7 Å². The van der Waals surface area contributed by atoms with Gasteiger partial charge in [-0.2, -0.15) is 13.2 Å². The molecule has 2 aromatic heterocycles. The summed E-state index contributed by atoms with van der Waals surface area (Å²) < 4.78 is 40.0. The second-order valence-corrected chi connectivity index (χ2v) is 9.64. The fourth-order valence-corrected chi connectivity index (χ4v) is 4.47. The molecule has 1 saturated heterocycles. The normalized spacial score (nSPS) is 16.5. The third kappa shape index (κ3) is 5.41. The van der Waals surface area contributed by atoms with Gasteiger partial charge in [0.25, 0.3) is 5.91 Å². The van der Waals surface area contributed by atoms with Crippen LogP contribution in [0.25, 0.3) is 11.0 Å². The fraction of sp³-hybridized carbons (Fsp3) is 0.400. The summed E-state index contributed by atoms with van der Waals surface area (Å²) in [6, 6.07) is 4.37. The average molecular weight is 531 g/mol. The highest BCUT2D eigenvalue weighted by Crippen LogP contribution is 2.35. The Balaban J connectivity index is 1.79. The van der Waals surface area contributed by atoms with E-state index in [1.165, 1.54) is 11.0 Å². The molecule has 2 atom stereocenters. The number of carbonyl (C=O) groups is 2. The molecule has 0 spiro atoms. The van der Waals surface area contributed by atoms with Crippen LogP contribution in [-0.4, -0.2) is 58.9 Å². The van der Waals surface area contributed by atoms with E-state index in [4.69, 9.17) is 11.5 Å². The molecule has 4 rings (SSSR count). The standard InChI is InChI=1S/C25H29F3N8O2/c1-12(15-7-16(25(26,27)28)9-17(29)8-15)31-21-18-10-19(24(38)35(3)4)23(34-22(18)33-13(2)32-21)36-6-5-14(11-36)20(30)37/h7-10,12,14H,5-6,11,29H2,1-4H3,(H2,30,37)(H,31,32,33,34)/t12-,14?/m1/s1. The summed E-state index contributed by atoms with van der Waals surface area (Å²) in [5.41, 5.74) is 11.3. The van der Waals surface area contributed by atoms with Gasteiger partial charge >= 0.3 is 6.18 Å². The van der Waals surface area contributed by atoms with E-state index in [0.717, 1.165) is 12.1 Å². The number of nitrogen functional groups attached to an aromatic ring is 1. The fourth-order valence-electron chi connectivity index (χ4n) is 4.47. The Morgan fingerprint density at radius 3 is 2.47 bits per heavy atom. The summed E-state index contributed by atoms with van der Waals surface area (Å²) in [5.74, 6) is -0.0379. The van der Waals surface area contributed by atoms with Crippen LogP contribution in [0.1, 0.15) is 46.7 Å². The van der Waals surface area contributed by atoms with Gasteiger partial charge in [-0.25, -0.2) is 15.0 Å². The lowest BCUT2D eigenvalue weighted by atomic mass is 10.0. The monoisotopic (exact) mass is 530 g/mol. The number of amides is 2. The van der Waals surface area contributed by atoms with Crippen LogP contribution >= 0.6 is 0 Å². The number of fused-ring (bicyclic) bond motifs is 1. The van der Waals surface area contributed by atoms with E-state index in [0.29, 0.717) is 53.6 Å². The molecule has 202 valence electrons. The molecule has 1 aliphatic rings. The van der Waals surface area contributed by atoms with Gasteiger partial charge in [-0.05, 0) is 50.1 Å². The maximum absolute atomic E-state index is 13.3. The molecule has 3 heterocycles. The van der Waals surface area contributed by atoms with Crippen molar-refractivity contribution in [2.45, 2.75) is 32.5 Å². The summed E-state index contributed by atoms with van der Waals surface area (Å²) in [6.45, 7) is 4.16. The van der Waals surface area contributed by atoms with Gasteiger partial charge in [0.15, 0.2) is 5.65 Å². The van der Waals surface area contributed by atoms with Crippen molar-refractivity contribution in [3.63, 3.8) is 0 Å². The van der Waals surface area contributed by atoms with Crippen LogP contribution in [0.2, 0.25) is 0 Å². The van der Waals surface area contributed by atoms with Gasteiger partial charge in [0.2, 0.25) is 5.91 Å². The SMILES string of the molecule is Cc1nc(N[C@H](C)c2cc(N)cc(C(F)(F)F)c2)c2cc(C(=O)N(C)C)c(N3CCC(C(N)=O)C3)nc2n1. The van der Waals surface area contributed by atoms with E-state index in [1.807, 2.05) is 4.90 Å². The molecule has 0 radical (unpaired) electrons. The molecule has 1 aromatic carbocycles. The average Bonchev–Trinajstić information content (AvgIpc) is 3.32. The van der Waals surface area contributed by atoms with E-state index in [-0.39, 0.29) is 23.1 Å². The Kier molecular flexibility index (Phi) is 7.04. The highest BCUT2D eigenvalue weighted by Gasteiger charge is 2.33. The van der Waals surface area contributed by atoms with Crippen LogP contribution in [0.5, 0.6) is 0 Å². The Bertz CT molecular complexity index is 1410. The van der Waals surface area contributed by atoms with Gasteiger partial charge in [-0.15, -0.1) is 0 Å². The maximum Gasteiger partial charge on any atom is 0.416 e. The minimum absolute atomic E-state index is 0.0164. The quantitative estimate of drug-likeness (QED) is 0.413. The first-order chi connectivity index (χ1) is 17.7. The van der Waals surface area contributed by atoms with Crippen molar-refractivity contribution in [3.8, 4) is 0 Å². The first kappa shape index (κ1) is 26.9. The number of hydrogen-bond acceptors (Lipinski definition) is 8. The number of nitrogens with two attached hydrogens (primary N) is 2. The molecule has 1 aliphatic heterocycles. The van der Waals surface area contributed by atoms with Crippen molar-refractivity contribution in [2.24, 2.45) is 11.7 Å². The molecule has 38 heavy (non-hydrogen) atoms. The number of nitrogens with zero attached hydrogens (tertiary/aromatic N) is 5. The Labute approximate surface area is 217 Å². The molecule has 5 N–H and O–H groups in total. The second-order valence-electron chi connectivity index (χ2n) is 9.64.